The monoisotopic (exact) mass is 339 g/mol. The van der Waals surface area contributed by atoms with Crippen molar-refractivity contribution in [3.8, 4) is 0 Å². The number of carbonyl (C=O) groups is 1. The van der Waals surface area contributed by atoms with Crippen LogP contribution in [0, 0.1) is 0 Å². The Balaban J connectivity index is 1.72. The van der Waals surface area contributed by atoms with Crippen LogP contribution in [0.3, 0.4) is 0 Å². The first kappa shape index (κ1) is 17.3. The summed E-state index contributed by atoms with van der Waals surface area (Å²) in [4.78, 5) is 15.1. The number of amides is 1. The van der Waals surface area contributed by atoms with Crippen LogP contribution >= 0.6 is 0 Å². The number of carbonyl (C=O) groups excluding carboxylic acids is 1. The molecule has 1 aliphatic heterocycles. The third kappa shape index (κ3) is 4.32. The van der Waals surface area contributed by atoms with Gasteiger partial charge in [-0.1, -0.05) is 55.8 Å². The smallest absolute Gasteiger partial charge is 0.233 e. The molecule has 0 saturated heterocycles. The summed E-state index contributed by atoms with van der Waals surface area (Å²) in [5.74, 6) is 0.627. The van der Waals surface area contributed by atoms with Crippen LogP contribution in [0.1, 0.15) is 49.9 Å². The van der Waals surface area contributed by atoms with Crippen molar-refractivity contribution in [2.45, 2.75) is 45.1 Å². The Morgan fingerprint density at radius 1 is 1.32 bits per heavy atom. The number of aromatic nitrogens is 4. The molecule has 0 spiro atoms. The van der Waals surface area contributed by atoms with Crippen LogP contribution in [-0.2, 0) is 11.3 Å². The second-order valence-electron chi connectivity index (χ2n) is 6.41. The van der Waals surface area contributed by atoms with E-state index < -0.39 is 0 Å². The minimum Gasteiger partial charge on any atom is -0.338 e. The van der Waals surface area contributed by atoms with Crippen LogP contribution in [0.15, 0.2) is 36.4 Å². The highest BCUT2D eigenvalue weighted by molar-refractivity contribution is 5.83. The van der Waals surface area contributed by atoms with Gasteiger partial charge >= 0.3 is 0 Å². The van der Waals surface area contributed by atoms with Gasteiger partial charge in [-0.25, -0.2) is 4.68 Å². The summed E-state index contributed by atoms with van der Waals surface area (Å²) in [7, 11) is 0. The fraction of sp³-hybridized carbons (Fsp3) is 0.474. The molecule has 132 valence electrons. The number of aryl methyl sites for hydroxylation is 1. The zero-order chi connectivity index (χ0) is 17.5. The lowest BCUT2D eigenvalue weighted by molar-refractivity contribution is -0.132. The molecule has 1 aromatic carbocycles. The molecule has 1 atom stereocenters. The number of hydrogen-bond donors (Lipinski definition) is 0. The van der Waals surface area contributed by atoms with Crippen molar-refractivity contribution in [3.63, 3.8) is 0 Å². The molecule has 6 nitrogen and oxygen atoms in total. The SMILES string of the molecule is CCCN(C/C=C/c1ccccc1)C(=O)C1CCCCn2nnnc21. The Hall–Kier alpha value is -2.50. The Morgan fingerprint density at radius 3 is 2.96 bits per heavy atom. The lowest BCUT2D eigenvalue weighted by Crippen LogP contribution is -2.36. The van der Waals surface area contributed by atoms with Crippen molar-refractivity contribution in [1.29, 1.82) is 0 Å². The second-order valence-corrected chi connectivity index (χ2v) is 6.41. The maximum Gasteiger partial charge on any atom is 0.233 e. The quantitative estimate of drug-likeness (QED) is 0.812. The average molecular weight is 339 g/mol. The standard InChI is InChI=1S/C19H25N5O/c1-2-13-23(14-8-11-16-9-4-3-5-10-16)19(25)17-12-6-7-15-24-18(17)20-21-22-24/h3-5,8-11,17H,2,6-7,12-15H2,1H3/b11-8+. The summed E-state index contributed by atoms with van der Waals surface area (Å²) in [5, 5.41) is 11.9. The molecule has 0 fully saturated rings. The molecule has 0 bridgehead atoms. The summed E-state index contributed by atoms with van der Waals surface area (Å²) in [6, 6.07) is 10.1. The van der Waals surface area contributed by atoms with Gasteiger partial charge in [0.15, 0.2) is 5.82 Å². The van der Waals surface area contributed by atoms with Crippen LogP contribution in [0.25, 0.3) is 6.08 Å². The summed E-state index contributed by atoms with van der Waals surface area (Å²) >= 11 is 0. The van der Waals surface area contributed by atoms with Gasteiger partial charge in [0.2, 0.25) is 5.91 Å². The lowest BCUT2D eigenvalue weighted by Gasteiger charge is -2.25. The van der Waals surface area contributed by atoms with Crippen LogP contribution in [0.2, 0.25) is 0 Å². The molecule has 1 aromatic heterocycles. The first-order valence-electron chi connectivity index (χ1n) is 9.06. The Bertz CT molecular complexity index is 710. The van der Waals surface area contributed by atoms with Crippen LogP contribution in [-0.4, -0.2) is 44.1 Å². The zero-order valence-corrected chi connectivity index (χ0v) is 14.7. The Labute approximate surface area is 148 Å². The summed E-state index contributed by atoms with van der Waals surface area (Å²) < 4.78 is 1.79. The molecular weight excluding hydrogens is 314 g/mol. The first-order valence-corrected chi connectivity index (χ1v) is 9.06. The summed E-state index contributed by atoms with van der Waals surface area (Å²) in [5.41, 5.74) is 1.14. The Kier molecular flexibility index (Phi) is 5.93. The fourth-order valence-electron chi connectivity index (χ4n) is 3.26. The lowest BCUT2D eigenvalue weighted by atomic mass is 10.0. The van der Waals surface area contributed by atoms with E-state index in [1.165, 1.54) is 0 Å². The van der Waals surface area contributed by atoms with Gasteiger partial charge in [-0.05, 0) is 35.3 Å². The number of hydrogen-bond acceptors (Lipinski definition) is 4. The molecule has 2 heterocycles. The van der Waals surface area contributed by atoms with Crippen molar-refractivity contribution >= 4 is 12.0 Å². The Morgan fingerprint density at radius 2 is 2.16 bits per heavy atom. The van der Waals surface area contributed by atoms with Crippen LogP contribution < -0.4 is 0 Å². The topological polar surface area (TPSA) is 63.9 Å². The molecule has 0 radical (unpaired) electrons. The minimum absolute atomic E-state index is 0.137. The van der Waals surface area contributed by atoms with Crippen molar-refractivity contribution < 1.29 is 4.79 Å². The second kappa shape index (κ2) is 8.55. The van der Waals surface area contributed by atoms with Crippen LogP contribution in [0.5, 0.6) is 0 Å². The number of fused-ring (bicyclic) bond motifs is 1. The van der Waals surface area contributed by atoms with E-state index in [1.54, 1.807) is 4.68 Å². The van der Waals surface area contributed by atoms with Gasteiger partial charge in [0.05, 0.1) is 5.92 Å². The van der Waals surface area contributed by atoms with E-state index in [2.05, 4.69) is 46.7 Å². The molecule has 0 saturated carbocycles. The normalized spacial score (nSPS) is 17.2. The van der Waals surface area contributed by atoms with Crippen LogP contribution in [0.4, 0.5) is 0 Å². The highest BCUT2D eigenvalue weighted by Gasteiger charge is 2.31. The van der Waals surface area contributed by atoms with Crippen molar-refractivity contribution in [2.24, 2.45) is 0 Å². The molecule has 1 amide bonds. The van der Waals surface area contributed by atoms with E-state index in [-0.39, 0.29) is 11.8 Å². The zero-order valence-electron chi connectivity index (χ0n) is 14.7. The average Bonchev–Trinajstić information content (AvgIpc) is 3.01. The number of nitrogens with zero attached hydrogens (tertiary/aromatic N) is 5. The maximum atomic E-state index is 13.1. The third-order valence-corrected chi connectivity index (χ3v) is 4.52. The van der Waals surface area contributed by atoms with Gasteiger partial charge in [0, 0.05) is 19.6 Å². The minimum atomic E-state index is -0.228. The first-order chi connectivity index (χ1) is 12.3. The van der Waals surface area contributed by atoms with E-state index in [4.69, 9.17) is 0 Å². The maximum absolute atomic E-state index is 13.1. The van der Waals surface area contributed by atoms with Gasteiger partial charge in [-0.2, -0.15) is 0 Å². The molecule has 6 heteroatoms. The number of benzene rings is 1. The molecule has 1 unspecified atom stereocenters. The van der Waals surface area contributed by atoms with Gasteiger partial charge < -0.3 is 4.90 Å². The van der Waals surface area contributed by atoms with Gasteiger partial charge in [-0.3, -0.25) is 4.79 Å². The third-order valence-electron chi connectivity index (χ3n) is 4.52. The molecule has 2 aromatic rings. The predicted molar refractivity (Wildman–Crippen MR) is 96.8 cm³/mol. The highest BCUT2D eigenvalue weighted by Crippen LogP contribution is 2.26. The van der Waals surface area contributed by atoms with E-state index in [0.717, 1.165) is 50.2 Å². The summed E-state index contributed by atoms with van der Waals surface area (Å²) in [6.45, 7) is 4.25. The predicted octanol–water partition coefficient (Wildman–Crippen LogP) is 2.89. The van der Waals surface area contributed by atoms with Gasteiger partial charge in [0.1, 0.15) is 0 Å². The van der Waals surface area contributed by atoms with E-state index in [1.807, 2.05) is 23.1 Å². The van der Waals surface area contributed by atoms with Crippen molar-refractivity contribution in [1.82, 2.24) is 25.1 Å². The van der Waals surface area contributed by atoms with Gasteiger partial charge in [-0.15, -0.1) is 5.10 Å². The molecule has 25 heavy (non-hydrogen) atoms. The fourth-order valence-corrected chi connectivity index (χ4v) is 3.26. The van der Waals surface area contributed by atoms with Crippen molar-refractivity contribution in [3.05, 3.63) is 47.8 Å². The number of rotatable bonds is 6. The largest absolute Gasteiger partial charge is 0.338 e. The molecule has 0 aliphatic carbocycles. The van der Waals surface area contributed by atoms with E-state index in [9.17, 15) is 4.79 Å². The highest BCUT2D eigenvalue weighted by atomic mass is 16.2. The van der Waals surface area contributed by atoms with Gasteiger partial charge in [0.25, 0.3) is 0 Å². The molecule has 3 rings (SSSR count). The molecular formula is C19H25N5O. The number of tetrazole rings is 1. The van der Waals surface area contributed by atoms with E-state index in [0.29, 0.717) is 6.54 Å². The van der Waals surface area contributed by atoms with E-state index >= 15 is 0 Å². The van der Waals surface area contributed by atoms with Crippen molar-refractivity contribution in [2.75, 3.05) is 13.1 Å². The molecule has 1 aliphatic rings. The summed E-state index contributed by atoms with van der Waals surface area (Å²) in [6.07, 6.45) is 7.91. The molecule has 0 N–H and O–H groups in total.